The van der Waals surface area contributed by atoms with Gasteiger partial charge in [-0.05, 0) is 72.5 Å². The Morgan fingerprint density at radius 2 is 1.50 bits per heavy atom. The van der Waals surface area contributed by atoms with Gasteiger partial charge in [-0.25, -0.2) is 8.42 Å². The number of rotatable bonds is 14. The van der Waals surface area contributed by atoms with Crippen molar-refractivity contribution >= 4 is 62.3 Å². The van der Waals surface area contributed by atoms with E-state index in [2.05, 4.69) is 5.32 Å². The molecule has 2 amide bonds. The van der Waals surface area contributed by atoms with Crippen LogP contribution >= 0.6 is 34.8 Å². The first kappa shape index (κ1) is 37.3. The number of benzene rings is 4. The molecule has 13 heteroatoms. The van der Waals surface area contributed by atoms with Crippen molar-refractivity contribution in [2.45, 2.75) is 55.6 Å². The van der Waals surface area contributed by atoms with Gasteiger partial charge in [-0.15, -0.1) is 0 Å². The van der Waals surface area contributed by atoms with E-state index in [0.29, 0.717) is 21.4 Å². The Kier molecular flexibility index (Phi) is 12.6. The molecule has 0 saturated heterocycles. The van der Waals surface area contributed by atoms with Crippen LogP contribution in [0.5, 0.6) is 11.5 Å². The van der Waals surface area contributed by atoms with Crippen LogP contribution in [0, 0.1) is 0 Å². The first-order chi connectivity index (χ1) is 24.0. The molecule has 264 valence electrons. The minimum Gasteiger partial charge on any atom is -0.493 e. The molecule has 0 aromatic heterocycles. The van der Waals surface area contributed by atoms with E-state index in [4.69, 9.17) is 44.3 Å². The molecular formula is C37H38Cl3N3O6S. The standard InChI is InChI=1S/C37H38Cl3N3O6S/c1-48-34-19-17-30(22-35(34)49-2)50(46,47)43(29-15-13-27(38)14-16-29)24-36(44)42(23-26-12-18-31(39)32(40)20-26)33(21-25-8-4-3-5-9-25)37(45)41-28-10-6-7-11-28/h3-5,8-9,12-20,22,28,33H,6-7,10-11,21,23-24H2,1-2H3,(H,41,45). The molecule has 9 nitrogen and oxygen atoms in total. The highest BCUT2D eigenvalue weighted by atomic mass is 35.5. The molecule has 0 heterocycles. The molecule has 0 aliphatic heterocycles. The average molecular weight is 759 g/mol. The van der Waals surface area contributed by atoms with Crippen LogP contribution in [0.2, 0.25) is 15.1 Å². The number of carbonyl (C=O) groups excluding carboxylic acids is 2. The van der Waals surface area contributed by atoms with Gasteiger partial charge in [0.2, 0.25) is 11.8 Å². The van der Waals surface area contributed by atoms with Gasteiger partial charge >= 0.3 is 0 Å². The van der Waals surface area contributed by atoms with Crippen molar-refractivity contribution < 1.29 is 27.5 Å². The van der Waals surface area contributed by atoms with Gasteiger partial charge in [-0.2, -0.15) is 0 Å². The predicted molar refractivity (Wildman–Crippen MR) is 197 cm³/mol. The second kappa shape index (κ2) is 16.8. The molecule has 1 aliphatic rings. The summed E-state index contributed by atoms with van der Waals surface area (Å²) in [4.78, 5) is 30.2. The Morgan fingerprint density at radius 3 is 2.14 bits per heavy atom. The Hall–Kier alpha value is -3.96. The molecule has 1 unspecified atom stereocenters. The lowest BCUT2D eigenvalue weighted by Crippen LogP contribution is -2.54. The molecule has 1 fully saturated rings. The number of nitrogens with zero attached hydrogens (tertiary/aromatic N) is 2. The molecular weight excluding hydrogens is 721 g/mol. The maximum absolute atomic E-state index is 14.7. The topological polar surface area (TPSA) is 105 Å². The summed E-state index contributed by atoms with van der Waals surface area (Å²) in [6.07, 6.45) is 3.89. The van der Waals surface area contributed by atoms with E-state index in [1.807, 2.05) is 30.3 Å². The number of anilines is 1. The highest BCUT2D eigenvalue weighted by Crippen LogP contribution is 2.33. The number of nitrogens with one attached hydrogen (secondary N) is 1. The summed E-state index contributed by atoms with van der Waals surface area (Å²) in [7, 11) is -1.55. The number of carbonyl (C=O) groups is 2. The lowest BCUT2D eigenvalue weighted by atomic mass is 10.0. The monoisotopic (exact) mass is 757 g/mol. The van der Waals surface area contributed by atoms with E-state index in [1.54, 1.807) is 30.3 Å². The van der Waals surface area contributed by atoms with E-state index in [1.165, 1.54) is 49.5 Å². The fourth-order valence-electron chi connectivity index (χ4n) is 6.00. The zero-order valence-corrected chi connectivity index (χ0v) is 30.7. The van der Waals surface area contributed by atoms with Crippen molar-refractivity contribution in [1.82, 2.24) is 10.2 Å². The number of hydrogen-bond donors (Lipinski definition) is 1. The molecule has 50 heavy (non-hydrogen) atoms. The second-order valence-electron chi connectivity index (χ2n) is 12.0. The zero-order valence-electron chi connectivity index (χ0n) is 27.7. The molecule has 1 atom stereocenters. The molecule has 0 radical (unpaired) electrons. The van der Waals surface area contributed by atoms with Crippen LogP contribution in [0.4, 0.5) is 5.69 Å². The summed E-state index contributed by atoms with van der Waals surface area (Å²) in [5, 5.41) is 4.16. The SMILES string of the molecule is COc1ccc(S(=O)(=O)N(CC(=O)N(Cc2ccc(Cl)c(Cl)c2)C(Cc2ccccc2)C(=O)NC2CCCC2)c2ccc(Cl)cc2)cc1OC. The summed E-state index contributed by atoms with van der Waals surface area (Å²) in [5.41, 5.74) is 1.64. The number of hydrogen-bond acceptors (Lipinski definition) is 6. The minimum atomic E-state index is -4.39. The number of ether oxygens (including phenoxy) is 2. The first-order valence-corrected chi connectivity index (χ1v) is 18.7. The normalized spacial score (nSPS) is 13.8. The van der Waals surface area contributed by atoms with Gasteiger partial charge < -0.3 is 19.7 Å². The molecule has 4 aromatic carbocycles. The molecule has 1 aliphatic carbocycles. The predicted octanol–water partition coefficient (Wildman–Crippen LogP) is 7.56. The van der Waals surface area contributed by atoms with Crippen molar-refractivity contribution in [2.75, 3.05) is 25.1 Å². The van der Waals surface area contributed by atoms with Crippen LogP contribution in [-0.2, 0) is 32.6 Å². The van der Waals surface area contributed by atoms with Crippen LogP contribution in [0.1, 0.15) is 36.8 Å². The number of sulfonamides is 1. The van der Waals surface area contributed by atoms with Crippen LogP contribution in [0.25, 0.3) is 0 Å². The van der Waals surface area contributed by atoms with E-state index in [-0.39, 0.29) is 46.3 Å². The molecule has 0 bridgehead atoms. The summed E-state index contributed by atoms with van der Waals surface area (Å²) < 4.78 is 40.5. The third-order valence-corrected chi connectivity index (χ3v) is 11.4. The van der Waals surface area contributed by atoms with Crippen LogP contribution < -0.4 is 19.1 Å². The van der Waals surface area contributed by atoms with Gasteiger partial charge in [0, 0.05) is 30.1 Å². The number of amides is 2. The smallest absolute Gasteiger partial charge is 0.264 e. The van der Waals surface area contributed by atoms with E-state index < -0.39 is 28.5 Å². The van der Waals surface area contributed by atoms with Crippen molar-refractivity contribution in [3.05, 3.63) is 117 Å². The highest BCUT2D eigenvalue weighted by molar-refractivity contribution is 7.92. The van der Waals surface area contributed by atoms with E-state index >= 15 is 0 Å². The Bertz CT molecular complexity index is 1910. The van der Waals surface area contributed by atoms with Gasteiger partial charge in [0.05, 0.1) is 34.8 Å². The summed E-state index contributed by atoms with van der Waals surface area (Å²) in [6.45, 7) is -0.683. The Balaban J connectivity index is 1.59. The maximum atomic E-state index is 14.7. The second-order valence-corrected chi connectivity index (χ2v) is 15.1. The molecule has 1 N–H and O–H groups in total. The average Bonchev–Trinajstić information content (AvgIpc) is 3.63. The summed E-state index contributed by atoms with van der Waals surface area (Å²) in [5.74, 6) is -0.401. The molecule has 5 rings (SSSR count). The zero-order chi connectivity index (χ0) is 35.8. The van der Waals surface area contributed by atoms with Gasteiger partial charge in [0.15, 0.2) is 11.5 Å². The van der Waals surface area contributed by atoms with Gasteiger partial charge in [-0.1, -0.05) is 84.0 Å². The lowest BCUT2D eigenvalue weighted by molar-refractivity contribution is -0.140. The van der Waals surface area contributed by atoms with Crippen molar-refractivity contribution in [2.24, 2.45) is 0 Å². The van der Waals surface area contributed by atoms with Crippen molar-refractivity contribution in [1.29, 1.82) is 0 Å². The number of methoxy groups -OCH3 is 2. The summed E-state index contributed by atoms with van der Waals surface area (Å²) >= 11 is 18.8. The van der Waals surface area contributed by atoms with E-state index in [0.717, 1.165) is 35.6 Å². The van der Waals surface area contributed by atoms with Crippen molar-refractivity contribution in [3.8, 4) is 11.5 Å². The fourth-order valence-corrected chi connectivity index (χ4v) is 7.87. The third-order valence-electron chi connectivity index (χ3n) is 8.65. The van der Waals surface area contributed by atoms with Gasteiger partial charge in [0.1, 0.15) is 12.6 Å². The van der Waals surface area contributed by atoms with Crippen LogP contribution in [0.3, 0.4) is 0 Å². The fraction of sp³-hybridized carbons (Fsp3) is 0.297. The lowest BCUT2D eigenvalue weighted by Gasteiger charge is -2.34. The largest absolute Gasteiger partial charge is 0.493 e. The van der Waals surface area contributed by atoms with Gasteiger partial charge in [0.25, 0.3) is 10.0 Å². The maximum Gasteiger partial charge on any atom is 0.264 e. The van der Waals surface area contributed by atoms with Crippen molar-refractivity contribution in [3.63, 3.8) is 0 Å². The quantitative estimate of drug-likeness (QED) is 0.142. The Morgan fingerprint density at radius 1 is 0.820 bits per heavy atom. The first-order valence-electron chi connectivity index (χ1n) is 16.1. The molecule has 0 spiro atoms. The third kappa shape index (κ3) is 9.03. The van der Waals surface area contributed by atoms with Crippen LogP contribution in [-0.4, -0.2) is 58.0 Å². The Labute approximate surface area is 308 Å². The number of halogens is 3. The minimum absolute atomic E-state index is 0.0151. The molecule has 4 aromatic rings. The van der Waals surface area contributed by atoms with Gasteiger partial charge in [-0.3, -0.25) is 13.9 Å². The van der Waals surface area contributed by atoms with E-state index in [9.17, 15) is 18.0 Å². The molecule has 1 saturated carbocycles. The summed E-state index contributed by atoms with van der Waals surface area (Å²) in [6, 6.07) is 23.7. The highest BCUT2D eigenvalue weighted by Gasteiger charge is 2.36. The van der Waals surface area contributed by atoms with Crippen LogP contribution in [0.15, 0.2) is 95.9 Å².